The Morgan fingerprint density at radius 3 is 2.72 bits per heavy atom. The summed E-state index contributed by atoms with van der Waals surface area (Å²) in [5.74, 6) is -1.74. The Balaban J connectivity index is 2.61. The van der Waals surface area contributed by atoms with Crippen LogP contribution in [-0.4, -0.2) is 30.1 Å². The first-order chi connectivity index (χ1) is 11.6. The number of hydrogen-bond acceptors (Lipinski definition) is 5. The average molecular weight is 392 g/mol. The lowest BCUT2D eigenvalue weighted by Gasteiger charge is -2.32. The van der Waals surface area contributed by atoms with Crippen LogP contribution in [0.25, 0.3) is 0 Å². The molecular formula is C17H23ClFNO4S. The molecule has 8 heteroatoms. The summed E-state index contributed by atoms with van der Waals surface area (Å²) in [7, 11) is 1.39. The van der Waals surface area contributed by atoms with Gasteiger partial charge < -0.3 is 13.9 Å². The summed E-state index contributed by atoms with van der Waals surface area (Å²) in [6, 6.07) is -1.05. The Labute approximate surface area is 155 Å². The quantitative estimate of drug-likeness (QED) is 0.532. The zero-order valence-corrected chi connectivity index (χ0v) is 16.5. The van der Waals surface area contributed by atoms with Gasteiger partial charge in [0.1, 0.15) is 16.8 Å². The van der Waals surface area contributed by atoms with E-state index in [1.54, 1.807) is 0 Å². The van der Waals surface area contributed by atoms with E-state index in [4.69, 9.17) is 25.5 Å². The fourth-order valence-electron chi connectivity index (χ4n) is 2.53. The number of methoxy groups -OCH3 is 1. The molecule has 1 aromatic heterocycles. The molecule has 0 aliphatic heterocycles. The van der Waals surface area contributed by atoms with Crippen molar-refractivity contribution < 1.29 is 18.3 Å². The fraction of sp³-hybridized carbons (Fsp3) is 0.588. The largest absolute Gasteiger partial charge is 0.420 e. The second kappa shape index (κ2) is 7.70. The Hall–Kier alpha value is -1.02. The molecule has 1 heterocycles. The number of rotatable bonds is 6. The number of hydrogen-bond donors (Lipinski definition) is 0. The third kappa shape index (κ3) is 4.22. The molecule has 0 radical (unpaired) electrons. The molecule has 0 fully saturated rings. The number of aromatic nitrogens is 1. The lowest BCUT2D eigenvalue weighted by molar-refractivity contribution is -0.187. The third-order valence-corrected chi connectivity index (χ3v) is 4.79. The van der Waals surface area contributed by atoms with Crippen molar-refractivity contribution >= 4 is 23.4 Å². The molecule has 140 valence electrons. The Morgan fingerprint density at radius 2 is 2.16 bits per heavy atom. The van der Waals surface area contributed by atoms with Crippen molar-refractivity contribution in [2.75, 3.05) is 19.7 Å². The second-order valence-electron chi connectivity index (χ2n) is 6.64. The van der Waals surface area contributed by atoms with Crippen LogP contribution in [0.2, 0.25) is 0 Å². The molecule has 1 aliphatic rings. The number of oxazole rings is 1. The van der Waals surface area contributed by atoms with Crippen LogP contribution in [0.1, 0.15) is 39.5 Å². The molecule has 2 atom stereocenters. The highest BCUT2D eigenvalue weighted by Gasteiger charge is 2.44. The number of halogens is 2. The van der Waals surface area contributed by atoms with Gasteiger partial charge in [-0.3, -0.25) is 4.57 Å². The van der Waals surface area contributed by atoms with E-state index in [0.717, 1.165) is 6.08 Å². The average Bonchev–Trinajstić information content (AvgIpc) is 2.83. The topological polar surface area (TPSA) is 53.6 Å². The van der Waals surface area contributed by atoms with E-state index in [2.05, 4.69) is 0 Å². The summed E-state index contributed by atoms with van der Waals surface area (Å²) < 4.78 is 32.4. The molecular weight excluding hydrogens is 369 g/mol. The van der Waals surface area contributed by atoms with Crippen LogP contribution in [0.4, 0.5) is 4.39 Å². The lowest BCUT2D eigenvalue weighted by Crippen LogP contribution is -2.40. The van der Waals surface area contributed by atoms with Gasteiger partial charge in [-0.15, -0.1) is 11.8 Å². The molecule has 25 heavy (non-hydrogen) atoms. The van der Waals surface area contributed by atoms with Gasteiger partial charge in [0.15, 0.2) is 6.79 Å². The second-order valence-corrected chi connectivity index (χ2v) is 8.33. The van der Waals surface area contributed by atoms with E-state index in [0.29, 0.717) is 16.5 Å². The van der Waals surface area contributed by atoms with Gasteiger partial charge in [0, 0.05) is 23.6 Å². The molecule has 1 aliphatic carbocycles. The Bertz CT molecular complexity index is 734. The van der Waals surface area contributed by atoms with Crippen LogP contribution in [0.5, 0.6) is 0 Å². The minimum Gasteiger partial charge on any atom is -0.411 e. The number of allylic oxidation sites excluding steroid dienone is 2. The van der Waals surface area contributed by atoms with Gasteiger partial charge in [0.2, 0.25) is 0 Å². The summed E-state index contributed by atoms with van der Waals surface area (Å²) in [6.07, 6.45) is 4.17. The van der Waals surface area contributed by atoms with E-state index in [1.807, 2.05) is 27.7 Å². The highest BCUT2D eigenvalue weighted by molar-refractivity contribution is 7.99. The zero-order chi connectivity index (χ0) is 18.8. The van der Waals surface area contributed by atoms with Gasteiger partial charge >= 0.3 is 5.76 Å². The van der Waals surface area contributed by atoms with Crippen molar-refractivity contribution in [3.8, 4) is 0 Å². The molecule has 0 N–H and O–H groups in total. The maximum Gasteiger partial charge on any atom is 0.420 e. The van der Waals surface area contributed by atoms with Crippen molar-refractivity contribution in [1.29, 1.82) is 0 Å². The van der Waals surface area contributed by atoms with Gasteiger partial charge in [-0.25, -0.2) is 9.18 Å². The van der Waals surface area contributed by atoms with Gasteiger partial charge in [-0.1, -0.05) is 45.4 Å². The first-order valence-electron chi connectivity index (χ1n) is 7.91. The lowest BCUT2D eigenvalue weighted by atomic mass is 9.94. The summed E-state index contributed by atoms with van der Waals surface area (Å²) >= 11 is 7.37. The molecule has 1 aromatic rings. The van der Waals surface area contributed by atoms with Crippen LogP contribution >= 0.6 is 23.4 Å². The molecule has 0 amide bonds. The van der Waals surface area contributed by atoms with E-state index in [-0.39, 0.29) is 11.8 Å². The van der Waals surface area contributed by atoms with E-state index in [9.17, 15) is 4.79 Å². The van der Waals surface area contributed by atoms with Crippen molar-refractivity contribution in [2.24, 2.45) is 0 Å². The zero-order valence-electron chi connectivity index (χ0n) is 15.0. The first kappa shape index (κ1) is 20.3. The molecule has 0 aromatic carbocycles. The maximum absolute atomic E-state index is 15.5. The highest BCUT2D eigenvalue weighted by atomic mass is 35.5. The molecule has 0 saturated heterocycles. The number of alkyl halides is 1. The molecule has 0 bridgehead atoms. The van der Waals surface area contributed by atoms with Crippen LogP contribution in [0.3, 0.4) is 0 Å². The molecule has 2 unspecified atom stereocenters. The van der Waals surface area contributed by atoms with Crippen LogP contribution in [-0.2, 0) is 14.9 Å². The summed E-state index contributed by atoms with van der Waals surface area (Å²) in [5.41, 5.74) is -0.403. The molecule has 2 rings (SSSR count). The van der Waals surface area contributed by atoms with E-state index >= 15 is 4.39 Å². The molecule has 5 nitrogen and oxygen atoms in total. The minimum absolute atomic E-state index is 0.187. The minimum atomic E-state index is -2.33. The smallest absolute Gasteiger partial charge is 0.411 e. The summed E-state index contributed by atoms with van der Waals surface area (Å²) in [4.78, 5) is 12.6. The number of ether oxygens (including phenoxy) is 2. The van der Waals surface area contributed by atoms with Crippen LogP contribution in [0.15, 0.2) is 37.5 Å². The monoisotopic (exact) mass is 391 g/mol. The van der Waals surface area contributed by atoms with Crippen molar-refractivity contribution in [1.82, 2.24) is 4.57 Å². The van der Waals surface area contributed by atoms with Gasteiger partial charge in [-0.05, 0) is 11.8 Å². The summed E-state index contributed by atoms with van der Waals surface area (Å²) in [5, 5.41) is 0.774. The SMILES string of the molecule is CCSc1c(C(C)(C)C)oc(=O)n1C1C=CC(Cl)=CC1(F)OCOC. The van der Waals surface area contributed by atoms with Crippen LogP contribution in [0, 0.1) is 0 Å². The van der Waals surface area contributed by atoms with Crippen molar-refractivity contribution in [3.05, 3.63) is 39.6 Å². The Kier molecular flexibility index (Phi) is 6.25. The van der Waals surface area contributed by atoms with Gasteiger partial charge in [-0.2, -0.15) is 0 Å². The number of nitrogens with zero attached hydrogens (tertiary/aromatic N) is 1. The van der Waals surface area contributed by atoms with Crippen molar-refractivity contribution in [2.45, 2.75) is 50.0 Å². The predicted octanol–water partition coefficient (Wildman–Crippen LogP) is 4.37. The first-order valence-corrected chi connectivity index (χ1v) is 9.27. The number of thioether (sulfide) groups is 1. The summed E-state index contributed by atoms with van der Waals surface area (Å²) in [6.45, 7) is 7.49. The molecule has 0 saturated carbocycles. The van der Waals surface area contributed by atoms with Gasteiger partial charge in [0.25, 0.3) is 5.85 Å². The fourth-order valence-corrected chi connectivity index (χ4v) is 3.83. The predicted molar refractivity (Wildman–Crippen MR) is 97.0 cm³/mol. The van der Waals surface area contributed by atoms with Gasteiger partial charge in [0.05, 0.1) is 0 Å². The molecule has 0 spiro atoms. The van der Waals surface area contributed by atoms with Crippen molar-refractivity contribution in [3.63, 3.8) is 0 Å². The van der Waals surface area contributed by atoms with Crippen LogP contribution < -0.4 is 5.76 Å². The van der Waals surface area contributed by atoms with E-state index in [1.165, 1.54) is 35.6 Å². The van der Waals surface area contributed by atoms with E-state index < -0.39 is 23.1 Å². The third-order valence-electron chi connectivity index (χ3n) is 3.61. The maximum atomic E-state index is 15.5. The standard InChI is InChI=1S/C17H23ClFNO4S/c1-6-25-14-13(16(2,3)4)24-15(21)20(14)12-8-7-11(18)9-17(12,19)23-10-22-5/h7-9,12H,6,10H2,1-5H3. The Morgan fingerprint density at radius 1 is 1.48 bits per heavy atom. The highest BCUT2D eigenvalue weighted by Crippen LogP contribution is 2.41. The normalized spacial score (nSPS) is 23.8.